The lowest BCUT2D eigenvalue weighted by Crippen LogP contribution is -2.31. The molecule has 1 aromatic rings. The van der Waals surface area contributed by atoms with Crippen LogP contribution in [0.3, 0.4) is 0 Å². The molecule has 0 N–H and O–H groups in total. The molecule has 1 unspecified atom stereocenters. The first-order valence-electron chi connectivity index (χ1n) is 6.02. The normalized spacial score (nSPS) is 11.7. The van der Waals surface area contributed by atoms with Gasteiger partial charge in [0.1, 0.15) is 5.75 Å². The van der Waals surface area contributed by atoms with E-state index in [2.05, 4.69) is 0 Å². The SMILES string of the molecule is Cc1ccc(S(=O)CC(=O)N(C)CCC#N)c(C)c1. The van der Waals surface area contributed by atoms with Crippen molar-refractivity contribution in [3.05, 3.63) is 29.3 Å². The summed E-state index contributed by atoms with van der Waals surface area (Å²) in [6.45, 7) is 4.24. The molecule has 1 rings (SSSR count). The van der Waals surface area contributed by atoms with Crippen LogP contribution in [0.25, 0.3) is 0 Å². The van der Waals surface area contributed by atoms with Crippen LogP contribution >= 0.6 is 0 Å². The zero-order valence-corrected chi connectivity index (χ0v) is 12.3. The topological polar surface area (TPSA) is 61.2 Å². The molecule has 5 heteroatoms. The second kappa shape index (κ2) is 7.05. The molecular weight excluding hydrogens is 260 g/mol. The van der Waals surface area contributed by atoms with Crippen LogP contribution in [-0.4, -0.2) is 34.4 Å². The molecule has 1 atom stereocenters. The van der Waals surface area contributed by atoms with E-state index in [1.54, 1.807) is 7.05 Å². The second-order valence-corrected chi connectivity index (χ2v) is 5.90. The van der Waals surface area contributed by atoms with E-state index < -0.39 is 10.8 Å². The number of nitrogens with zero attached hydrogens (tertiary/aromatic N) is 2. The van der Waals surface area contributed by atoms with E-state index in [9.17, 15) is 9.00 Å². The van der Waals surface area contributed by atoms with Gasteiger partial charge in [-0.25, -0.2) is 0 Å². The molecule has 0 radical (unpaired) electrons. The number of carbonyl (C=O) groups is 1. The van der Waals surface area contributed by atoms with Gasteiger partial charge >= 0.3 is 0 Å². The summed E-state index contributed by atoms with van der Waals surface area (Å²) in [7, 11) is 0.290. The highest BCUT2D eigenvalue weighted by molar-refractivity contribution is 7.85. The van der Waals surface area contributed by atoms with Gasteiger partial charge in [0.25, 0.3) is 0 Å². The lowest BCUT2D eigenvalue weighted by molar-refractivity contribution is -0.127. The third-order valence-corrected chi connectivity index (χ3v) is 4.27. The van der Waals surface area contributed by atoms with Crippen LogP contribution in [0.15, 0.2) is 23.1 Å². The van der Waals surface area contributed by atoms with Gasteiger partial charge in [-0.2, -0.15) is 5.26 Å². The number of rotatable bonds is 5. The predicted molar refractivity (Wildman–Crippen MR) is 75.1 cm³/mol. The van der Waals surface area contributed by atoms with Crippen molar-refractivity contribution in [2.45, 2.75) is 25.2 Å². The van der Waals surface area contributed by atoms with Crippen molar-refractivity contribution in [2.24, 2.45) is 0 Å². The van der Waals surface area contributed by atoms with E-state index in [4.69, 9.17) is 5.26 Å². The van der Waals surface area contributed by atoms with Crippen LogP contribution in [-0.2, 0) is 15.6 Å². The molecular formula is C14H18N2O2S. The van der Waals surface area contributed by atoms with E-state index in [0.717, 1.165) is 11.1 Å². The Hall–Kier alpha value is -1.67. The van der Waals surface area contributed by atoms with Gasteiger partial charge in [-0.05, 0) is 25.5 Å². The van der Waals surface area contributed by atoms with Gasteiger partial charge in [0.15, 0.2) is 0 Å². The molecule has 0 spiro atoms. The lowest BCUT2D eigenvalue weighted by atomic mass is 10.2. The lowest BCUT2D eigenvalue weighted by Gasteiger charge is -2.15. The Morgan fingerprint density at radius 3 is 2.68 bits per heavy atom. The Labute approximate surface area is 116 Å². The van der Waals surface area contributed by atoms with Crippen molar-refractivity contribution in [3.8, 4) is 6.07 Å². The minimum atomic E-state index is -1.33. The number of hydrogen-bond donors (Lipinski definition) is 0. The van der Waals surface area contributed by atoms with Crippen LogP contribution in [0, 0.1) is 25.2 Å². The average molecular weight is 278 g/mol. The zero-order valence-electron chi connectivity index (χ0n) is 11.5. The Kier molecular flexibility index (Phi) is 5.71. The molecule has 1 aromatic carbocycles. The van der Waals surface area contributed by atoms with Crippen molar-refractivity contribution in [2.75, 3.05) is 19.3 Å². The summed E-state index contributed by atoms with van der Waals surface area (Å²) in [5, 5.41) is 8.47. The molecule has 0 aromatic heterocycles. The highest BCUT2D eigenvalue weighted by Crippen LogP contribution is 2.15. The molecule has 0 saturated heterocycles. The number of carbonyl (C=O) groups excluding carboxylic acids is 1. The van der Waals surface area contributed by atoms with E-state index in [1.165, 1.54) is 4.90 Å². The largest absolute Gasteiger partial charge is 0.344 e. The number of hydrogen-bond acceptors (Lipinski definition) is 3. The summed E-state index contributed by atoms with van der Waals surface area (Å²) >= 11 is 0. The first-order valence-corrected chi connectivity index (χ1v) is 7.34. The maximum atomic E-state index is 12.2. The number of amides is 1. The van der Waals surface area contributed by atoms with Gasteiger partial charge in [-0.15, -0.1) is 0 Å². The number of benzene rings is 1. The fraction of sp³-hybridized carbons (Fsp3) is 0.429. The quantitative estimate of drug-likeness (QED) is 0.825. The molecule has 19 heavy (non-hydrogen) atoms. The van der Waals surface area contributed by atoms with Crippen molar-refractivity contribution in [1.82, 2.24) is 4.90 Å². The maximum Gasteiger partial charge on any atom is 0.235 e. The molecule has 0 heterocycles. The fourth-order valence-electron chi connectivity index (χ4n) is 1.70. The summed E-state index contributed by atoms with van der Waals surface area (Å²) in [4.78, 5) is 14.0. The van der Waals surface area contributed by atoms with Crippen molar-refractivity contribution < 1.29 is 9.00 Å². The summed E-state index contributed by atoms with van der Waals surface area (Å²) in [6, 6.07) is 7.64. The summed E-state index contributed by atoms with van der Waals surface area (Å²) in [6.07, 6.45) is 0.290. The molecule has 0 aliphatic rings. The summed E-state index contributed by atoms with van der Waals surface area (Å²) in [5.74, 6) is -0.236. The Morgan fingerprint density at radius 2 is 2.11 bits per heavy atom. The smallest absolute Gasteiger partial charge is 0.235 e. The highest BCUT2D eigenvalue weighted by Gasteiger charge is 2.15. The average Bonchev–Trinajstić information content (AvgIpc) is 2.35. The molecule has 4 nitrogen and oxygen atoms in total. The fourth-order valence-corrected chi connectivity index (χ4v) is 2.94. The first-order chi connectivity index (χ1) is 8.95. The Morgan fingerprint density at radius 1 is 1.42 bits per heavy atom. The third-order valence-electron chi connectivity index (χ3n) is 2.82. The van der Waals surface area contributed by atoms with Crippen molar-refractivity contribution in [1.29, 1.82) is 5.26 Å². The van der Waals surface area contributed by atoms with Gasteiger partial charge < -0.3 is 4.90 Å². The first kappa shape index (κ1) is 15.4. The minimum absolute atomic E-state index is 0.0359. The van der Waals surface area contributed by atoms with E-state index in [1.807, 2.05) is 38.1 Å². The highest BCUT2D eigenvalue weighted by atomic mass is 32.2. The Bertz CT molecular complexity index is 535. The van der Waals surface area contributed by atoms with Gasteiger partial charge in [-0.1, -0.05) is 17.7 Å². The number of aryl methyl sites for hydroxylation is 2. The van der Waals surface area contributed by atoms with Crippen molar-refractivity contribution in [3.63, 3.8) is 0 Å². The molecule has 0 aliphatic carbocycles. The van der Waals surface area contributed by atoms with Gasteiger partial charge in [0.2, 0.25) is 5.91 Å². The standard InChI is InChI=1S/C14H18N2O2S/c1-11-5-6-13(12(2)9-11)19(18)10-14(17)16(3)8-4-7-15/h5-6,9H,4,8,10H2,1-3H3. The monoisotopic (exact) mass is 278 g/mol. The summed E-state index contributed by atoms with van der Waals surface area (Å²) in [5.41, 5.74) is 2.04. The third kappa shape index (κ3) is 4.49. The van der Waals surface area contributed by atoms with Gasteiger partial charge in [-0.3, -0.25) is 9.00 Å². The zero-order chi connectivity index (χ0) is 14.4. The van der Waals surface area contributed by atoms with Crippen LogP contribution in [0.2, 0.25) is 0 Å². The predicted octanol–water partition coefficient (Wildman–Crippen LogP) is 1.78. The van der Waals surface area contributed by atoms with Crippen LogP contribution in [0.4, 0.5) is 0 Å². The molecule has 1 amide bonds. The maximum absolute atomic E-state index is 12.2. The number of nitriles is 1. The molecule has 0 fully saturated rings. The van der Waals surface area contributed by atoms with Crippen LogP contribution in [0.5, 0.6) is 0 Å². The molecule has 102 valence electrons. The molecule has 0 saturated carbocycles. The van der Waals surface area contributed by atoms with Crippen LogP contribution < -0.4 is 0 Å². The van der Waals surface area contributed by atoms with Gasteiger partial charge in [0, 0.05) is 18.5 Å². The minimum Gasteiger partial charge on any atom is -0.344 e. The molecule has 0 aliphatic heterocycles. The van der Waals surface area contributed by atoms with E-state index in [0.29, 0.717) is 17.9 Å². The van der Waals surface area contributed by atoms with Crippen LogP contribution in [0.1, 0.15) is 17.5 Å². The molecule has 0 bridgehead atoms. The summed E-state index contributed by atoms with van der Waals surface area (Å²) < 4.78 is 12.2. The van der Waals surface area contributed by atoms with E-state index >= 15 is 0 Å². The Balaban J connectivity index is 2.69. The van der Waals surface area contributed by atoms with Gasteiger partial charge in [0.05, 0.1) is 23.3 Å². The second-order valence-electron chi connectivity index (χ2n) is 4.48. The van der Waals surface area contributed by atoms with Crippen molar-refractivity contribution >= 4 is 16.7 Å². The van der Waals surface area contributed by atoms with E-state index in [-0.39, 0.29) is 11.7 Å².